The van der Waals surface area contributed by atoms with E-state index < -0.39 is 54.3 Å². The highest BCUT2D eigenvalue weighted by Crippen LogP contribution is 2.60. The van der Waals surface area contributed by atoms with Gasteiger partial charge in [-0.2, -0.15) is 0 Å². The van der Waals surface area contributed by atoms with Crippen LogP contribution in [-0.2, 0) is 26.5 Å². The Morgan fingerprint density at radius 1 is 1.29 bits per heavy atom. The summed E-state index contributed by atoms with van der Waals surface area (Å²) < 4.78 is 6.46. The summed E-state index contributed by atoms with van der Waals surface area (Å²) in [6.07, 6.45) is -1.57. The summed E-state index contributed by atoms with van der Waals surface area (Å²) in [5, 5.41) is 33.5. The van der Waals surface area contributed by atoms with E-state index in [1.54, 1.807) is 37.4 Å². The van der Waals surface area contributed by atoms with Crippen LogP contribution in [-0.4, -0.2) is 58.9 Å². The lowest BCUT2D eigenvalue weighted by Crippen LogP contribution is -2.46. The van der Waals surface area contributed by atoms with Crippen LogP contribution in [0.2, 0.25) is 18.6 Å². The third-order valence-corrected chi connectivity index (χ3v) is 10.0. The summed E-state index contributed by atoms with van der Waals surface area (Å²) in [6, 6.07) is 11.1. The second-order valence-corrected chi connectivity index (χ2v) is 14.6. The average molecular weight is 544 g/mol. The molecule has 12 heteroatoms. The zero-order chi connectivity index (χ0) is 28.0. The molecule has 0 unspecified atom stereocenters. The molecule has 11 nitrogen and oxygen atoms in total. The molecule has 2 aliphatic rings. The number of benzene rings is 2. The number of nitrogens with zero attached hydrogens (tertiary/aromatic N) is 2. The minimum Gasteiger partial charge on any atom is -0.432 e. The van der Waals surface area contributed by atoms with Gasteiger partial charge in [-0.25, -0.2) is 0 Å². The van der Waals surface area contributed by atoms with Gasteiger partial charge in [-0.1, -0.05) is 19.1 Å². The van der Waals surface area contributed by atoms with E-state index in [1.807, 2.05) is 6.92 Å². The first kappa shape index (κ1) is 27.9. The number of nitro groups is 1. The molecule has 2 aromatic carbocycles. The minimum absolute atomic E-state index is 0.0924. The molecule has 0 saturated carbocycles. The summed E-state index contributed by atoms with van der Waals surface area (Å²) in [6.45, 7) is 6.60. The zero-order valence-corrected chi connectivity index (χ0v) is 22.7. The number of fused-ring (bicyclic) bond motifs is 2. The molecule has 1 fully saturated rings. The highest BCUT2D eigenvalue weighted by atomic mass is 28.4. The third kappa shape index (κ3) is 4.74. The topological polar surface area (TPSA) is 162 Å². The molecular formula is C26H33N3O8Si. The van der Waals surface area contributed by atoms with Crippen molar-refractivity contribution < 1.29 is 34.3 Å². The second kappa shape index (κ2) is 10.2. The summed E-state index contributed by atoms with van der Waals surface area (Å²) in [4.78, 5) is 50.0. The number of rotatable bonds is 8. The van der Waals surface area contributed by atoms with E-state index in [1.165, 1.54) is 30.0 Å². The molecule has 4 rings (SSSR count). The van der Waals surface area contributed by atoms with Crippen molar-refractivity contribution in [3.8, 4) is 0 Å². The number of amides is 2. The van der Waals surface area contributed by atoms with Crippen LogP contribution in [0.4, 0.5) is 17.1 Å². The Kier molecular flexibility index (Phi) is 7.47. The van der Waals surface area contributed by atoms with E-state index in [2.05, 4.69) is 5.32 Å². The van der Waals surface area contributed by atoms with Gasteiger partial charge >= 0.3 is 0 Å². The predicted molar refractivity (Wildman–Crippen MR) is 142 cm³/mol. The highest BCUT2D eigenvalue weighted by molar-refractivity contribution is 6.71. The van der Waals surface area contributed by atoms with Crippen LogP contribution in [0.5, 0.6) is 0 Å². The monoisotopic (exact) mass is 543 g/mol. The van der Waals surface area contributed by atoms with Gasteiger partial charge in [-0.05, 0) is 50.2 Å². The van der Waals surface area contributed by atoms with Crippen LogP contribution in [0, 0.1) is 16.0 Å². The number of anilines is 2. The lowest BCUT2D eigenvalue weighted by atomic mass is 9.82. The van der Waals surface area contributed by atoms with Crippen molar-refractivity contribution in [2.75, 3.05) is 16.8 Å². The molecule has 4 N–H and O–H groups in total. The lowest BCUT2D eigenvalue weighted by Gasteiger charge is -2.32. The molecule has 2 heterocycles. The lowest BCUT2D eigenvalue weighted by molar-refractivity contribution is -0.385. The average Bonchev–Trinajstić information content (AvgIpc) is 3.26. The molecule has 2 aliphatic heterocycles. The number of nitro benzene ring substituents is 1. The number of carbonyl (C=O) groups excluding carboxylic acids is 2. The highest BCUT2D eigenvalue weighted by Gasteiger charge is 2.66. The molecule has 1 spiro atoms. The standard InChI is InChI=1S/C26H33N3O8Si/c1-15-23(38(3,4)36)22(10-11-30)37-26(15)20-13-19(29(34)35)8-9-21(20)28(25(26)33)14-17-6-5-7-18(12-17)27-24(32)16(2)31/h5-9,12-13,15-16,22-23,30-31,36H,10-11,14H2,1-4H3,(H,27,32)/t15-,16+,22+,23-,26+/m1/s1. The smallest absolute Gasteiger partial charge is 0.269 e. The van der Waals surface area contributed by atoms with Crippen molar-refractivity contribution in [1.29, 1.82) is 0 Å². The number of hydrogen-bond acceptors (Lipinski definition) is 8. The van der Waals surface area contributed by atoms with Crippen LogP contribution >= 0.6 is 0 Å². The number of nitrogens with one attached hydrogen (secondary N) is 1. The molecule has 0 bridgehead atoms. The first-order chi connectivity index (χ1) is 17.8. The molecular weight excluding hydrogens is 510 g/mol. The third-order valence-electron chi connectivity index (χ3n) is 7.51. The van der Waals surface area contributed by atoms with E-state index in [9.17, 15) is 34.7 Å². The summed E-state index contributed by atoms with van der Waals surface area (Å²) in [5.41, 5.74) is -0.187. The van der Waals surface area contributed by atoms with Gasteiger partial charge in [-0.3, -0.25) is 19.7 Å². The maximum Gasteiger partial charge on any atom is 0.269 e. The molecule has 2 amide bonds. The van der Waals surface area contributed by atoms with E-state index in [4.69, 9.17) is 4.74 Å². The van der Waals surface area contributed by atoms with E-state index in [-0.39, 0.29) is 25.3 Å². The molecule has 38 heavy (non-hydrogen) atoms. The number of hydrogen-bond donors (Lipinski definition) is 4. The Balaban J connectivity index is 1.79. The van der Waals surface area contributed by atoms with Crippen molar-refractivity contribution in [2.24, 2.45) is 5.92 Å². The second-order valence-electron chi connectivity index (χ2n) is 10.6. The fourth-order valence-electron chi connectivity index (χ4n) is 5.91. The van der Waals surface area contributed by atoms with Crippen molar-refractivity contribution in [3.63, 3.8) is 0 Å². The summed E-state index contributed by atoms with van der Waals surface area (Å²) in [7, 11) is -2.90. The predicted octanol–water partition coefficient (Wildman–Crippen LogP) is 2.64. The van der Waals surface area contributed by atoms with E-state index in [0.717, 1.165) is 0 Å². The molecule has 2 aromatic rings. The van der Waals surface area contributed by atoms with Crippen molar-refractivity contribution in [1.82, 2.24) is 0 Å². The number of non-ortho nitro benzene ring substituents is 1. The normalized spacial score (nSPS) is 25.5. The van der Waals surface area contributed by atoms with Crippen molar-refractivity contribution in [2.45, 2.75) is 63.3 Å². The van der Waals surface area contributed by atoms with Crippen LogP contribution in [0.15, 0.2) is 42.5 Å². The first-order valence-corrected chi connectivity index (χ1v) is 15.5. The van der Waals surface area contributed by atoms with E-state index in [0.29, 0.717) is 22.5 Å². The van der Waals surface area contributed by atoms with Gasteiger partial charge in [0.15, 0.2) is 13.9 Å². The number of carbonyl (C=O) groups is 2. The summed E-state index contributed by atoms with van der Waals surface area (Å²) in [5.74, 6) is -1.48. The number of aliphatic hydroxyl groups excluding tert-OH is 2. The van der Waals surface area contributed by atoms with E-state index >= 15 is 0 Å². The number of ether oxygens (including phenoxy) is 1. The zero-order valence-electron chi connectivity index (χ0n) is 21.7. The van der Waals surface area contributed by atoms with Crippen molar-refractivity contribution >= 4 is 37.2 Å². The van der Waals surface area contributed by atoms with Crippen LogP contribution < -0.4 is 10.2 Å². The molecule has 0 aliphatic carbocycles. The number of aliphatic hydroxyl groups is 2. The quantitative estimate of drug-likeness (QED) is 0.224. The maximum atomic E-state index is 14.3. The Morgan fingerprint density at radius 3 is 2.61 bits per heavy atom. The van der Waals surface area contributed by atoms with Crippen LogP contribution in [0.1, 0.15) is 31.4 Å². The van der Waals surface area contributed by atoms with Gasteiger partial charge in [-0.15, -0.1) is 0 Å². The fraction of sp³-hybridized carbons (Fsp3) is 0.462. The van der Waals surface area contributed by atoms with Gasteiger partial charge in [0.25, 0.3) is 17.5 Å². The first-order valence-electron chi connectivity index (χ1n) is 12.5. The Bertz CT molecular complexity index is 1260. The summed E-state index contributed by atoms with van der Waals surface area (Å²) >= 11 is 0. The molecule has 1 saturated heterocycles. The van der Waals surface area contributed by atoms with Gasteiger partial charge in [0.2, 0.25) is 0 Å². The van der Waals surface area contributed by atoms with Crippen LogP contribution in [0.3, 0.4) is 0 Å². The fourth-order valence-corrected chi connectivity index (χ4v) is 8.51. The Hall–Kier alpha value is -3.16. The minimum atomic E-state index is -2.90. The molecule has 0 aromatic heterocycles. The van der Waals surface area contributed by atoms with Gasteiger partial charge in [0, 0.05) is 41.4 Å². The van der Waals surface area contributed by atoms with Crippen molar-refractivity contribution in [3.05, 3.63) is 63.7 Å². The van der Waals surface area contributed by atoms with Gasteiger partial charge in [0.1, 0.15) is 6.10 Å². The van der Waals surface area contributed by atoms with Gasteiger partial charge in [0.05, 0.1) is 23.3 Å². The van der Waals surface area contributed by atoms with Gasteiger partial charge < -0.3 is 30.0 Å². The SMILES string of the molecule is C[C@H](O)C(=O)Nc1cccc(CN2C(=O)[C@@]3(O[C@@H](CCO)[C@H]([Si](C)(C)O)[C@H]3C)c3cc([N+](=O)[O-])ccc32)c1. The Labute approximate surface area is 221 Å². The largest absolute Gasteiger partial charge is 0.432 e. The Morgan fingerprint density at radius 2 is 2.00 bits per heavy atom. The maximum absolute atomic E-state index is 14.3. The van der Waals surface area contributed by atoms with Crippen LogP contribution in [0.25, 0.3) is 0 Å². The molecule has 5 atom stereocenters. The molecule has 0 radical (unpaired) electrons. The molecule has 204 valence electrons.